The average Bonchev–Trinajstić information content (AvgIpc) is 3.38. The molecule has 6 nitrogen and oxygen atoms in total. The summed E-state index contributed by atoms with van der Waals surface area (Å²) in [5.74, 6) is 2.76. The van der Waals surface area contributed by atoms with Gasteiger partial charge < -0.3 is 15.2 Å². The molecule has 4 fully saturated rings. The van der Waals surface area contributed by atoms with Crippen molar-refractivity contribution in [3.8, 4) is 11.5 Å². The van der Waals surface area contributed by atoms with E-state index in [1.165, 1.54) is 36.2 Å². The van der Waals surface area contributed by atoms with Crippen LogP contribution < -0.4 is 10.6 Å². The molecule has 0 saturated heterocycles. The predicted octanol–water partition coefficient (Wildman–Crippen LogP) is 5.55. The summed E-state index contributed by atoms with van der Waals surface area (Å²) in [6, 6.07) is 9.88. The SMILES string of the molecule is Cc1ccc(Nc2nc(-c3cc(C(=O)NC45CC6CC(CC(C6)C4)C5)no3)cs2)cc1. The minimum absolute atomic E-state index is 0.0310. The number of rotatable bonds is 5. The highest BCUT2D eigenvalue weighted by Crippen LogP contribution is 2.55. The number of nitrogens with zero attached hydrogens (tertiary/aromatic N) is 2. The van der Waals surface area contributed by atoms with Gasteiger partial charge in [0.2, 0.25) is 0 Å². The maximum absolute atomic E-state index is 13.0. The third kappa shape index (κ3) is 3.65. The molecule has 4 aliphatic rings. The fourth-order valence-corrected chi connectivity index (χ4v) is 7.00. The molecule has 2 heterocycles. The van der Waals surface area contributed by atoms with Gasteiger partial charge in [0.25, 0.3) is 5.91 Å². The monoisotopic (exact) mass is 434 g/mol. The fourth-order valence-electron chi connectivity index (χ4n) is 6.28. The first-order valence-corrected chi connectivity index (χ1v) is 12.0. The number of carbonyl (C=O) groups is 1. The number of hydrogen-bond acceptors (Lipinski definition) is 6. The van der Waals surface area contributed by atoms with Gasteiger partial charge in [0.15, 0.2) is 16.6 Å². The lowest BCUT2D eigenvalue weighted by molar-refractivity contribution is -0.0168. The zero-order valence-corrected chi connectivity index (χ0v) is 18.4. The maximum Gasteiger partial charge on any atom is 0.273 e. The van der Waals surface area contributed by atoms with E-state index >= 15 is 0 Å². The van der Waals surface area contributed by atoms with Crippen LogP contribution in [0.25, 0.3) is 11.5 Å². The lowest BCUT2D eigenvalue weighted by Crippen LogP contribution is -2.59. The Morgan fingerprint density at radius 3 is 2.45 bits per heavy atom. The Morgan fingerprint density at radius 1 is 1.10 bits per heavy atom. The minimum Gasteiger partial charge on any atom is -0.354 e. The number of thiazole rings is 1. The highest BCUT2D eigenvalue weighted by atomic mass is 32.1. The first-order valence-electron chi connectivity index (χ1n) is 11.1. The van der Waals surface area contributed by atoms with Gasteiger partial charge in [-0.25, -0.2) is 4.98 Å². The molecule has 2 N–H and O–H groups in total. The normalized spacial score (nSPS) is 28.6. The molecular weight excluding hydrogens is 408 g/mol. The third-order valence-electron chi connectivity index (χ3n) is 7.22. The van der Waals surface area contributed by atoms with Crippen LogP contribution in [0.1, 0.15) is 54.6 Å². The summed E-state index contributed by atoms with van der Waals surface area (Å²) in [7, 11) is 0. The second-order valence-corrected chi connectivity index (χ2v) is 10.6. The Hall–Kier alpha value is -2.67. The molecular formula is C24H26N4O2S. The van der Waals surface area contributed by atoms with E-state index in [2.05, 4.69) is 39.8 Å². The summed E-state index contributed by atoms with van der Waals surface area (Å²) in [6.45, 7) is 2.06. The number of nitrogens with one attached hydrogen (secondary N) is 2. The van der Waals surface area contributed by atoms with Crippen molar-refractivity contribution in [3.05, 3.63) is 47.0 Å². The van der Waals surface area contributed by atoms with Crippen LogP contribution in [-0.4, -0.2) is 21.6 Å². The smallest absolute Gasteiger partial charge is 0.273 e. The number of aryl methyl sites for hydroxylation is 1. The lowest BCUT2D eigenvalue weighted by Gasteiger charge is -2.56. The second kappa shape index (κ2) is 7.19. The summed E-state index contributed by atoms with van der Waals surface area (Å²) in [6.07, 6.45) is 7.42. The first kappa shape index (κ1) is 19.0. The molecule has 4 bridgehead atoms. The molecule has 7 rings (SSSR count). The van der Waals surface area contributed by atoms with E-state index in [4.69, 9.17) is 4.52 Å². The number of anilines is 2. The largest absolute Gasteiger partial charge is 0.354 e. The molecule has 2 aromatic heterocycles. The Bertz CT molecular complexity index is 1080. The Kier molecular flexibility index (Phi) is 4.42. The van der Waals surface area contributed by atoms with Crippen molar-refractivity contribution < 1.29 is 9.32 Å². The van der Waals surface area contributed by atoms with E-state index in [1.54, 1.807) is 6.07 Å². The van der Waals surface area contributed by atoms with Gasteiger partial charge in [0, 0.05) is 22.7 Å². The molecule has 4 aliphatic carbocycles. The molecule has 0 atom stereocenters. The van der Waals surface area contributed by atoms with Gasteiger partial charge >= 0.3 is 0 Å². The topological polar surface area (TPSA) is 80.0 Å². The number of amides is 1. The standard InChI is InChI=1S/C24H26N4O2S/c1-14-2-4-18(5-3-14)25-23-26-20(13-31-23)21-9-19(28-30-21)22(29)27-24-10-15-6-16(11-24)8-17(7-15)12-24/h2-5,9,13,15-17H,6-8,10-12H2,1H3,(H,25,26)(H,27,29). The molecule has 7 heteroatoms. The van der Waals surface area contributed by atoms with Crippen molar-refractivity contribution in [1.29, 1.82) is 0 Å². The van der Waals surface area contributed by atoms with Gasteiger partial charge in [-0.2, -0.15) is 0 Å². The minimum atomic E-state index is -0.120. The quantitative estimate of drug-likeness (QED) is 0.550. The van der Waals surface area contributed by atoms with E-state index in [0.29, 0.717) is 17.1 Å². The van der Waals surface area contributed by atoms with Crippen LogP contribution in [-0.2, 0) is 0 Å². The van der Waals surface area contributed by atoms with Crippen molar-refractivity contribution in [2.24, 2.45) is 17.8 Å². The molecule has 0 unspecified atom stereocenters. The van der Waals surface area contributed by atoms with Crippen molar-refractivity contribution in [1.82, 2.24) is 15.5 Å². The van der Waals surface area contributed by atoms with Crippen LogP contribution >= 0.6 is 11.3 Å². The van der Waals surface area contributed by atoms with Crippen molar-refractivity contribution in [2.75, 3.05) is 5.32 Å². The summed E-state index contributed by atoms with van der Waals surface area (Å²) in [4.78, 5) is 17.6. The Morgan fingerprint density at radius 2 is 1.77 bits per heavy atom. The zero-order valence-electron chi connectivity index (χ0n) is 17.6. The second-order valence-electron chi connectivity index (χ2n) is 9.76. The fraction of sp³-hybridized carbons (Fsp3) is 0.458. The van der Waals surface area contributed by atoms with Crippen LogP contribution in [0.4, 0.5) is 10.8 Å². The summed E-state index contributed by atoms with van der Waals surface area (Å²) in [5.41, 5.74) is 3.19. The van der Waals surface area contributed by atoms with Crippen molar-refractivity contribution in [2.45, 2.75) is 51.0 Å². The molecule has 0 spiro atoms. The predicted molar refractivity (Wildman–Crippen MR) is 120 cm³/mol. The molecule has 4 saturated carbocycles. The number of benzene rings is 1. The summed E-state index contributed by atoms with van der Waals surface area (Å²) >= 11 is 1.49. The maximum atomic E-state index is 13.0. The van der Waals surface area contributed by atoms with E-state index in [1.807, 2.05) is 17.5 Å². The molecule has 0 radical (unpaired) electrons. The molecule has 160 valence electrons. The van der Waals surface area contributed by atoms with Crippen LogP contribution in [0.2, 0.25) is 0 Å². The average molecular weight is 435 g/mol. The van der Waals surface area contributed by atoms with Crippen LogP contribution in [0.3, 0.4) is 0 Å². The molecule has 1 amide bonds. The third-order valence-corrected chi connectivity index (χ3v) is 7.98. The van der Waals surface area contributed by atoms with E-state index in [0.717, 1.165) is 47.8 Å². The van der Waals surface area contributed by atoms with Crippen LogP contribution in [0, 0.1) is 24.7 Å². The van der Waals surface area contributed by atoms with Gasteiger partial charge in [-0.15, -0.1) is 11.3 Å². The van der Waals surface area contributed by atoms with Gasteiger partial charge in [-0.3, -0.25) is 4.79 Å². The Balaban J connectivity index is 1.15. The van der Waals surface area contributed by atoms with Gasteiger partial charge in [0.1, 0.15) is 5.69 Å². The van der Waals surface area contributed by atoms with Crippen LogP contribution in [0.15, 0.2) is 40.2 Å². The molecule has 31 heavy (non-hydrogen) atoms. The number of carbonyl (C=O) groups excluding carboxylic acids is 1. The zero-order chi connectivity index (χ0) is 21.0. The molecule has 1 aromatic carbocycles. The first-order chi connectivity index (χ1) is 15.0. The molecule has 3 aromatic rings. The summed E-state index contributed by atoms with van der Waals surface area (Å²) < 4.78 is 5.48. The lowest BCUT2D eigenvalue weighted by atomic mass is 9.53. The summed E-state index contributed by atoms with van der Waals surface area (Å²) in [5, 5.41) is 13.4. The van der Waals surface area contributed by atoms with Gasteiger partial charge in [-0.1, -0.05) is 22.9 Å². The highest BCUT2D eigenvalue weighted by Gasteiger charge is 2.51. The van der Waals surface area contributed by atoms with E-state index in [-0.39, 0.29) is 11.4 Å². The van der Waals surface area contributed by atoms with Gasteiger partial charge in [-0.05, 0) is 75.3 Å². The van der Waals surface area contributed by atoms with E-state index < -0.39 is 0 Å². The Labute approximate surface area is 185 Å². The van der Waals surface area contributed by atoms with E-state index in [9.17, 15) is 4.79 Å². The highest BCUT2D eigenvalue weighted by molar-refractivity contribution is 7.14. The number of hydrogen-bond donors (Lipinski definition) is 2. The molecule has 0 aliphatic heterocycles. The number of aromatic nitrogens is 2. The van der Waals surface area contributed by atoms with Crippen molar-refractivity contribution >= 4 is 28.1 Å². The van der Waals surface area contributed by atoms with Gasteiger partial charge in [0.05, 0.1) is 0 Å². The van der Waals surface area contributed by atoms with Crippen molar-refractivity contribution in [3.63, 3.8) is 0 Å². The van der Waals surface area contributed by atoms with Crippen LogP contribution in [0.5, 0.6) is 0 Å².